The van der Waals surface area contributed by atoms with Gasteiger partial charge in [-0.05, 0) is 63.1 Å². The van der Waals surface area contributed by atoms with Crippen molar-refractivity contribution < 1.29 is 19.1 Å². The van der Waals surface area contributed by atoms with Crippen LogP contribution in [0.25, 0.3) is 0 Å². The zero-order valence-electron chi connectivity index (χ0n) is 15.0. The van der Waals surface area contributed by atoms with E-state index in [1.165, 1.54) is 13.5 Å². The number of carbonyl (C=O) groups excluding carboxylic acids is 2. The van der Waals surface area contributed by atoms with Gasteiger partial charge in [-0.1, -0.05) is 6.42 Å². The molecule has 0 saturated heterocycles. The predicted octanol–water partition coefficient (Wildman–Crippen LogP) is 2.68. The van der Waals surface area contributed by atoms with E-state index < -0.39 is 0 Å². The van der Waals surface area contributed by atoms with Crippen molar-refractivity contribution in [2.24, 2.45) is 17.8 Å². The van der Waals surface area contributed by atoms with Crippen molar-refractivity contribution in [1.82, 2.24) is 10.9 Å². The van der Waals surface area contributed by atoms with Crippen LogP contribution >= 0.6 is 0 Å². The van der Waals surface area contributed by atoms with Gasteiger partial charge in [0, 0.05) is 11.5 Å². The first-order valence-corrected chi connectivity index (χ1v) is 8.92. The third kappa shape index (κ3) is 3.89. The molecule has 1 aromatic rings. The largest absolute Gasteiger partial charge is 0.493 e. The monoisotopic (exact) mass is 346 g/mol. The van der Waals surface area contributed by atoms with Gasteiger partial charge in [0.25, 0.3) is 5.91 Å². The lowest BCUT2D eigenvalue weighted by Gasteiger charge is -2.21. The van der Waals surface area contributed by atoms with Crippen LogP contribution < -0.4 is 20.3 Å². The molecule has 3 unspecified atom stereocenters. The van der Waals surface area contributed by atoms with Crippen LogP contribution in [0.5, 0.6) is 11.5 Å². The second-order valence-electron chi connectivity index (χ2n) is 7.26. The Morgan fingerprint density at radius 1 is 1.12 bits per heavy atom. The van der Waals surface area contributed by atoms with E-state index in [0.29, 0.717) is 28.9 Å². The molecule has 2 aliphatic carbocycles. The molecule has 0 spiro atoms. The van der Waals surface area contributed by atoms with E-state index in [1.807, 2.05) is 13.8 Å². The number of hydrazine groups is 1. The molecule has 0 aliphatic heterocycles. The second kappa shape index (κ2) is 7.33. The van der Waals surface area contributed by atoms with E-state index in [-0.39, 0.29) is 23.8 Å². The molecule has 3 atom stereocenters. The Kier molecular flexibility index (Phi) is 5.16. The normalized spacial score (nSPS) is 24.2. The van der Waals surface area contributed by atoms with Crippen LogP contribution in [0.4, 0.5) is 0 Å². The zero-order valence-corrected chi connectivity index (χ0v) is 15.0. The minimum atomic E-state index is -0.370. The van der Waals surface area contributed by atoms with Crippen molar-refractivity contribution in [3.05, 3.63) is 23.8 Å². The molecule has 2 N–H and O–H groups in total. The van der Waals surface area contributed by atoms with Gasteiger partial charge in [-0.15, -0.1) is 0 Å². The highest BCUT2D eigenvalue weighted by Gasteiger charge is 2.43. The number of methoxy groups -OCH3 is 1. The number of amides is 2. The van der Waals surface area contributed by atoms with Gasteiger partial charge < -0.3 is 9.47 Å². The summed E-state index contributed by atoms with van der Waals surface area (Å²) >= 11 is 0. The van der Waals surface area contributed by atoms with Crippen LogP contribution in [0.1, 0.15) is 49.9 Å². The number of hydrogen-bond donors (Lipinski definition) is 2. The van der Waals surface area contributed by atoms with Gasteiger partial charge in [-0.3, -0.25) is 20.4 Å². The molecule has 0 aromatic heterocycles. The molecule has 2 amide bonds. The number of ether oxygens (including phenoxy) is 2. The Bertz CT molecular complexity index is 659. The Hall–Kier alpha value is -2.24. The van der Waals surface area contributed by atoms with Crippen LogP contribution in [0.3, 0.4) is 0 Å². The van der Waals surface area contributed by atoms with Gasteiger partial charge >= 0.3 is 0 Å². The quantitative estimate of drug-likeness (QED) is 0.804. The third-order valence-electron chi connectivity index (χ3n) is 5.16. The van der Waals surface area contributed by atoms with Crippen molar-refractivity contribution >= 4 is 11.8 Å². The summed E-state index contributed by atoms with van der Waals surface area (Å²) in [4.78, 5) is 24.6. The fraction of sp³-hybridized carbons (Fsp3) is 0.579. The standard InChI is InChI=1S/C19H26N2O4/c1-11(2)25-16-7-6-14(10-17(16)24-3)18(22)20-21-19(23)15-9-12-4-5-13(15)8-12/h6-7,10-13,15H,4-5,8-9H2,1-3H3,(H,20,22)(H,21,23). The van der Waals surface area contributed by atoms with Crippen molar-refractivity contribution in [3.63, 3.8) is 0 Å². The second-order valence-corrected chi connectivity index (χ2v) is 7.26. The topological polar surface area (TPSA) is 76.7 Å². The van der Waals surface area contributed by atoms with Crippen LogP contribution in [-0.4, -0.2) is 25.0 Å². The van der Waals surface area contributed by atoms with E-state index >= 15 is 0 Å². The number of rotatable bonds is 5. The number of fused-ring (bicyclic) bond motifs is 2. The molecule has 6 heteroatoms. The smallest absolute Gasteiger partial charge is 0.269 e. The SMILES string of the molecule is COc1cc(C(=O)NNC(=O)C2CC3CCC2C3)ccc1OC(C)C. The summed E-state index contributed by atoms with van der Waals surface area (Å²) < 4.78 is 10.9. The summed E-state index contributed by atoms with van der Waals surface area (Å²) in [6.45, 7) is 3.84. The molecular weight excluding hydrogens is 320 g/mol. The maximum absolute atomic E-state index is 12.3. The third-order valence-corrected chi connectivity index (χ3v) is 5.16. The van der Waals surface area contributed by atoms with E-state index in [0.717, 1.165) is 19.3 Å². The van der Waals surface area contributed by atoms with Gasteiger partial charge in [0.05, 0.1) is 13.2 Å². The fourth-order valence-corrected chi connectivity index (χ4v) is 4.01. The number of hydrogen-bond acceptors (Lipinski definition) is 4. The average Bonchev–Trinajstić information content (AvgIpc) is 3.22. The lowest BCUT2D eigenvalue weighted by Crippen LogP contribution is -2.45. The lowest BCUT2D eigenvalue weighted by molar-refractivity contribution is -0.127. The molecule has 136 valence electrons. The van der Waals surface area contributed by atoms with Crippen molar-refractivity contribution in [3.8, 4) is 11.5 Å². The average molecular weight is 346 g/mol. The maximum Gasteiger partial charge on any atom is 0.269 e. The lowest BCUT2D eigenvalue weighted by atomic mass is 9.88. The Morgan fingerprint density at radius 3 is 2.52 bits per heavy atom. The molecule has 2 fully saturated rings. The number of nitrogens with one attached hydrogen (secondary N) is 2. The van der Waals surface area contributed by atoms with Crippen molar-refractivity contribution in [2.45, 2.75) is 45.6 Å². The summed E-state index contributed by atoms with van der Waals surface area (Å²) in [5.41, 5.74) is 5.50. The summed E-state index contributed by atoms with van der Waals surface area (Å²) in [6.07, 6.45) is 4.48. The van der Waals surface area contributed by atoms with Crippen LogP contribution in [0, 0.1) is 17.8 Å². The summed E-state index contributed by atoms with van der Waals surface area (Å²) in [5, 5.41) is 0. The molecule has 0 radical (unpaired) electrons. The minimum Gasteiger partial charge on any atom is -0.493 e. The van der Waals surface area contributed by atoms with Gasteiger partial charge in [-0.2, -0.15) is 0 Å². The minimum absolute atomic E-state index is 0.00890. The molecule has 2 saturated carbocycles. The molecule has 1 aromatic carbocycles. The van der Waals surface area contributed by atoms with Crippen LogP contribution in [0.15, 0.2) is 18.2 Å². The van der Waals surface area contributed by atoms with E-state index in [2.05, 4.69) is 10.9 Å². The summed E-state index contributed by atoms with van der Waals surface area (Å²) in [5.74, 6) is 1.83. The number of benzene rings is 1. The summed E-state index contributed by atoms with van der Waals surface area (Å²) in [6, 6.07) is 4.96. The summed E-state index contributed by atoms with van der Waals surface area (Å²) in [7, 11) is 1.53. The van der Waals surface area contributed by atoms with Gasteiger partial charge in [0.1, 0.15) is 0 Å². The molecule has 3 rings (SSSR count). The van der Waals surface area contributed by atoms with Crippen molar-refractivity contribution in [1.29, 1.82) is 0 Å². The fourth-order valence-electron chi connectivity index (χ4n) is 4.01. The number of carbonyl (C=O) groups is 2. The Balaban J connectivity index is 1.58. The molecule has 6 nitrogen and oxygen atoms in total. The van der Waals surface area contributed by atoms with Crippen LogP contribution in [0.2, 0.25) is 0 Å². The highest BCUT2D eigenvalue weighted by molar-refractivity contribution is 5.96. The van der Waals surface area contributed by atoms with Gasteiger partial charge in [0.2, 0.25) is 5.91 Å². The maximum atomic E-state index is 12.3. The zero-order chi connectivity index (χ0) is 18.0. The van der Waals surface area contributed by atoms with E-state index in [1.54, 1.807) is 18.2 Å². The van der Waals surface area contributed by atoms with E-state index in [9.17, 15) is 9.59 Å². The molecular formula is C19H26N2O4. The van der Waals surface area contributed by atoms with E-state index in [4.69, 9.17) is 9.47 Å². The highest BCUT2D eigenvalue weighted by atomic mass is 16.5. The first-order valence-electron chi connectivity index (χ1n) is 8.92. The molecule has 2 bridgehead atoms. The van der Waals surface area contributed by atoms with Crippen molar-refractivity contribution in [2.75, 3.05) is 7.11 Å². The first kappa shape index (κ1) is 17.6. The highest BCUT2D eigenvalue weighted by Crippen LogP contribution is 2.48. The first-order chi connectivity index (χ1) is 12.0. The molecule has 0 heterocycles. The predicted molar refractivity (Wildman–Crippen MR) is 93.3 cm³/mol. The molecule has 25 heavy (non-hydrogen) atoms. The van der Waals surface area contributed by atoms with Crippen LogP contribution in [-0.2, 0) is 4.79 Å². The Morgan fingerprint density at radius 2 is 1.92 bits per heavy atom. The van der Waals surface area contributed by atoms with Gasteiger partial charge in [-0.25, -0.2) is 0 Å². The van der Waals surface area contributed by atoms with Gasteiger partial charge in [0.15, 0.2) is 11.5 Å². The molecule has 2 aliphatic rings. The Labute approximate surface area is 148 Å².